The Labute approximate surface area is 182 Å². The van der Waals surface area contributed by atoms with Gasteiger partial charge in [-0.1, -0.05) is 12.1 Å². The van der Waals surface area contributed by atoms with Crippen molar-refractivity contribution in [2.75, 3.05) is 7.11 Å². The molecule has 2 aromatic rings. The van der Waals surface area contributed by atoms with Crippen LogP contribution in [-0.2, 0) is 25.6 Å². The van der Waals surface area contributed by atoms with Gasteiger partial charge in [0.15, 0.2) is 5.69 Å². The first-order valence-electron chi connectivity index (χ1n) is 9.25. The van der Waals surface area contributed by atoms with Gasteiger partial charge in [-0.3, -0.25) is 14.9 Å². The number of methoxy groups -OCH3 is 1. The van der Waals surface area contributed by atoms with Crippen molar-refractivity contribution in [3.05, 3.63) is 56.9 Å². The first-order chi connectivity index (χ1) is 15.1. The van der Waals surface area contributed by atoms with Crippen molar-refractivity contribution in [1.82, 2.24) is 4.98 Å². The van der Waals surface area contributed by atoms with Gasteiger partial charge in [-0.05, 0) is 19.4 Å². The number of rotatable bonds is 7. The third kappa shape index (κ3) is 5.23. The van der Waals surface area contributed by atoms with Gasteiger partial charge in [0.1, 0.15) is 18.2 Å². The number of hydrogen-bond donors (Lipinski definition) is 0. The molecule has 0 aliphatic heterocycles. The second-order valence-corrected chi connectivity index (χ2v) is 6.68. The molecular formula is C21H19N3O8. The second-order valence-electron chi connectivity index (χ2n) is 6.68. The predicted molar refractivity (Wildman–Crippen MR) is 108 cm³/mol. The standard InChI is InChI=1S/C21H19N3O8/c1-11(2)32-21(27)19-16(10-31-12(3)25)23-15(9-22)18(20(26)30-4)17(19)13-6-5-7-14(8-13)24(28)29/h5-8,11H,10H2,1-4H3. The number of non-ortho nitro benzene ring substituents is 1. The van der Waals surface area contributed by atoms with E-state index in [0.717, 1.165) is 20.1 Å². The molecule has 0 saturated carbocycles. The topological polar surface area (TPSA) is 159 Å². The molecule has 32 heavy (non-hydrogen) atoms. The lowest BCUT2D eigenvalue weighted by atomic mass is 9.92. The van der Waals surface area contributed by atoms with Crippen molar-refractivity contribution in [1.29, 1.82) is 5.26 Å². The van der Waals surface area contributed by atoms with E-state index in [4.69, 9.17) is 14.2 Å². The molecule has 0 spiro atoms. The Morgan fingerprint density at radius 2 is 1.91 bits per heavy atom. The highest BCUT2D eigenvalue weighted by atomic mass is 16.6. The predicted octanol–water partition coefficient (Wildman–Crippen LogP) is 2.94. The molecule has 166 valence electrons. The maximum absolute atomic E-state index is 13.0. The number of aromatic nitrogens is 1. The monoisotopic (exact) mass is 441 g/mol. The molecule has 1 aromatic heterocycles. The Balaban J connectivity index is 3.01. The first-order valence-corrected chi connectivity index (χ1v) is 9.25. The number of esters is 3. The number of hydrogen-bond acceptors (Lipinski definition) is 10. The summed E-state index contributed by atoms with van der Waals surface area (Å²) in [7, 11) is 1.07. The quantitative estimate of drug-likeness (QED) is 0.270. The van der Waals surface area contributed by atoms with Crippen molar-refractivity contribution in [2.24, 2.45) is 0 Å². The van der Waals surface area contributed by atoms with E-state index in [-0.39, 0.29) is 33.6 Å². The second kappa shape index (κ2) is 10.1. The van der Waals surface area contributed by atoms with Crippen LogP contribution in [0, 0.1) is 21.4 Å². The number of pyridine rings is 1. The lowest BCUT2D eigenvalue weighted by Gasteiger charge is -2.19. The average molecular weight is 441 g/mol. The van der Waals surface area contributed by atoms with Crippen LogP contribution in [0.1, 0.15) is 52.9 Å². The number of nitro benzene ring substituents is 1. The summed E-state index contributed by atoms with van der Waals surface area (Å²) < 4.78 is 15.0. The number of nitrogens with zero attached hydrogens (tertiary/aromatic N) is 3. The normalized spacial score (nSPS) is 10.2. The molecular weight excluding hydrogens is 422 g/mol. The van der Waals surface area contributed by atoms with Crippen molar-refractivity contribution in [2.45, 2.75) is 33.5 Å². The van der Waals surface area contributed by atoms with E-state index in [1.807, 2.05) is 0 Å². The van der Waals surface area contributed by atoms with E-state index in [0.29, 0.717) is 0 Å². The van der Waals surface area contributed by atoms with Crippen LogP contribution in [0.5, 0.6) is 0 Å². The summed E-state index contributed by atoms with van der Waals surface area (Å²) in [6.45, 7) is 3.82. The molecule has 0 radical (unpaired) electrons. The number of benzene rings is 1. The molecule has 1 heterocycles. The lowest BCUT2D eigenvalue weighted by molar-refractivity contribution is -0.384. The van der Waals surface area contributed by atoms with Crippen molar-refractivity contribution in [3.63, 3.8) is 0 Å². The highest BCUT2D eigenvalue weighted by Gasteiger charge is 2.31. The fourth-order valence-corrected chi connectivity index (χ4v) is 2.85. The Kier molecular flexibility index (Phi) is 7.57. The summed E-state index contributed by atoms with van der Waals surface area (Å²) >= 11 is 0. The zero-order valence-corrected chi connectivity index (χ0v) is 17.7. The van der Waals surface area contributed by atoms with Crippen molar-refractivity contribution >= 4 is 23.6 Å². The molecule has 0 unspecified atom stereocenters. The van der Waals surface area contributed by atoms with E-state index in [2.05, 4.69) is 4.98 Å². The Bertz CT molecular complexity index is 1130. The minimum Gasteiger partial charge on any atom is -0.465 e. The van der Waals surface area contributed by atoms with Gasteiger partial charge in [-0.15, -0.1) is 0 Å². The summed E-state index contributed by atoms with van der Waals surface area (Å²) in [6, 6.07) is 6.87. The smallest absolute Gasteiger partial charge is 0.341 e. The molecule has 0 aliphatic carbocycles. The fraction of sp³-hybridized carbons (Fsp3) is 0.286. The average Bonchev–Trinajstić information content (AvgIpc) is 2.75. The molecule has 0 bridgehead atoms. The summed E-state index contributed by atoms with van der Waals surface area (Å²) in [5.74, 6) is -2.60. The van der Waals surface area contributed by atoms with E-state index in [1.54, 1.807) is 19.9 Å². The summed E-state index contributed by atoms with van der Waals surface area (Å²) in [5, 5.41) is 20.9. The van der Waals surface area contributed by atoms with Crippen LogP contribution >= 0.6 is 0 Å². The molecule has 0 N–H and O–H groups in total. The zero-order chi connectivity index (χ0) is 24.0. The van der Waals surface area contributed by atoms with Gasteiger partial charge in [-0.2, -0.15) is 5.26 Å². The number of carbonyl (C=O) groups is 3. The summed E-state index contributed by atoms with van der Waals surface area (Å²) in [4.78, 5) is 51.6. The van der Waals surface area contributed by atoms with Gasteiger partial charge in [0, 0.05) is 24.6 Å². The van der Waals surface area contributed by atoms with Crippen molar-refractivity contribution in [3.8, 4) is 17.2 Å². The van der Waals surface area contributed by atoms with Crippen LogP contribution in [-0.4, -0.2) is 41.0 Å². The van der Waals surface area contributed by atoms with Crippen LogP contribution in [0.15, 0.2) is 24.3 Å². The molecule has 11 nitrogen and oxygen atoms in total. The Hall–Kier alpha value is -4.33. The molecule has 1 aromatic carbocycles. The third-order valence-electron chi connectivity index (χ3n) is 4.07. The van der Waals surface area contributed by atoms with E-state index < -0.39 is 41.2 Å². The molecule has 0 atom stereocenters. The number of nitriles is 1. The Morgan fingerprint density at radius 1 is 1.22 bits per heavy atom. The fourth-order valence-electron chi connectivity index (χ4n) is 2.85. The summed E-state index contributed by atoms with van der Waals surface area (Å²) in [6.07, 6.45) is -0.570. The van der Waals surface area contributed by atoms with Gasteiger partial charge in [0.25, 0.3) is 5.69 Å². The number of ether oxygens (including phenoxy) is 3. The first kappa shape index (κ1) is 23.9. The third-order valence-corrected chi connectivity index (χ3v) is 4.07. The minimum atomic E-state index is -0.992. The van der Waals surface area contributed by atoms with E-state index in [9.17, 15) is 29.8 Å². The lowest BCUT2D eigenvalue weighted by Crippen LogP contribution is -2.21. The number of nitro groups is 1. The summed E-state index contributed by atoms with van der Waals surface area (Å²) in [5.41, 5.74) is -1.63. The highest BCUT2D eigenvalue weighted by Crippen LogP contribution is 2.35. The molecule has 0 aliphatic rings. The zero-order valence-electron chi connectivity index (χ0n) is 17.7. The molecule has 0 saturated heterocycles. The maximum Gasteiger partial charge on any atom is 0.341 e. The largest absolute Gasteiger partial charge is 0.465 e. The van der Waals surface area contributed by atoms with Gasteiger partial charge < -0.3 is 14.2 Å². The molecule has 11 heteroatoms. The molecule has 0 amide bonds. The van der Waals surface area contributed by atoms with Crippen molar-refractivity contribution < 1.29 is 33.5 Å². The van der Waals surface area contributed by atoms with Crippen LogP contribution in [0.3, 0.4) is 0 Å². The maximum atomic E-state index is 13.0. The van der Waals surface area contributed by atoms with Crippen LogP contribution < -0.4 is 0 Å². The van der Waals surface area contributed by atoms with Crippen LogP contribution in [0.2, 0.25) is 0 Å². The van der Waals surface area contributed by atoms with Gasteiger partial charge >= 0.3 is 17.9 Å². The van der Waals surface area contributed by atoms with E-state index in [1.165, 1.54) is 18.2 Å². The molecule has 2 rings (SSSR count). The number of carbonyl (C=O) groups excluding carboxylic acids is 3. The van der Waals surface area contributed by atoms with E-state index >= 15 is 0 Å². The highest BCUT2D eigenvalue weighted by molar-refractivity contribution is 6.08. The minimum absolute atomic E-state index is 0.0679. The molecule has 0 fully saturated rings. The van der Waals surface area contributed by atoms with Crippen LogP contribution in [0.4, 0.5) is 5.69 Å². The SMILES string of the molecule is COC(=O)c1c(C#N)nc(COC(C)=O)c(C(=O)OC(C)C)c1-c1cccc([N+](=O)[O-])c1. The van der Waals surface area contributed by atoms with Gasteiger partial charge in [-0.25, -0.2) is 14.6 Å². The van der Waals surface area contributed by atoms with Gasteiger partial charge in [0.05, 0.1) is 29.4 Å². The Morgan fingerprint density at radius 3 is 2.44 bits per heavy atom. The van der Waals surface area contributed by atoms with Gasteiger partial charge in [0.2, 0.25) is 0 Å². The van der Waals surface area contributed by atoms with Crippen LogP contribution in [0.25, 0.3) is 11.1 Å².